The quantitative estimate of drug-likeness (QED) is 0.364. The van der Waals surface area contributed by atoms with Gasteiger partial charge in [-0.2, -0.15) is 0 Å². The molecule has 0 saturated heterocycles. The third-order valence-electron chi connectivity index (χ3n) is 9.25. The largest absolute Gasteiger partial charge is 0.414 e. The van der Waals surface area contributed by atoms with E-state index < -0.39 is 18.2 Å². The second-order valence-electron chi connectivity index (χ2n) is 12.4. The van der Waals surface area contributed by atoms with Crippen LogP contribution in [0.5, 0.6) is 0 Å². The number of sulfone groups is 1. The standard InChI is InChI=1S/C27H46O3SSi/c1-21(13-12-20-31(28,29)22-14-9-8-10-15-22)23-17-18-24-25(16-11-19-27(23,24)5)30-32(6,7)26(2,3)4/h8-10,14-15,21,23-25H,11-13,16-20H2,1-7H3/t21?,23-,24+,25+,27-/m1/s1. The molecule has 32 heavy (non-hydrogen) atoms. The third kappa shape index (κ3) is 5.36. The molecule has 0 N–H and O–H groups in total. The molecule has 2 saturated carbocycles. The summed E-state index contributed by atoms with van der Waals surface area (Å²) in [5.74, 6) is 2.15. The van der Waals surface area contributed by atoms with E-state index in [4.69, 9.17) is 4.43 Å². The van der Waals surface area contributed by atoms with Gasteiger partial charge in [-0.25, -0.2) is 8.42 Å². The first-order chi connectivity index (χ1) is 14.8. The van der Waals surface area contributed by atoms with Crippen molar-refractivity contribution in [3.05, 3.63) is 30.3 Å². The Kier molecular flexibility index (Phi) is 7.74. The van der Waals surface area contributed by atoms with Gasteiger partial charge in [-0.15, -0.1) is 0 Å². The van der Waals surface area contributed by atoms with Gasteiger partial charge in [0, 0.05) is 6.10 Å². The Morgan fingerprint density at radius 1 is 1.12 bits per heavy atom. The summed E-state index contributed by atoms with van der Waals surface area (Å²) in [6.45, 7) is 16.7. The van der Waals surface area contributed by atoms with Crippen LogP contribution in [-0.2, 0) is 14.3 Å². The Labute approximate surface area is 198 Å². The van der Waals surface area contributed by atoms with E-state index >= 15 is 0 Å². The molecule has 0 spiro atoms. The van der Waals surface area contributed by atoms with Gasteiger partial charge in [-0.1, -0.05) is 59.2 Å². The van der Waals surface area contributed by atoms with Crippen LogP contribution >= 0.6 is 0 Å². The van der Waals surface area contributed by atoms with E-state index in [0.29, 0.717) is 34.2 Å². The number of benzene rings is 1. The van der Waals surface area contributed by atoms with Crippen LogP contribution in [0, 0.1) is 23.2 Å². The summed E-state index contributed by atoms with van der Waals surface area (Å²) in [7, 11) is -4.95. The normalized spacial score (nSPS) is 30.2. The molecule has 0 radical (unpaired) electrons. The summed E-state index contributed by atoms with van der Waals surface area (Å²) in [6, 6.07) is 8.91. The van der Waals surface area contributed by atoms with E-state index in [1.54, 1.807) is 24.3 Å². The van der Waals surface area contributed by atoms with Crippen LogP contribution in [0.25, 0.3) is 0 Å². The molecule has 1 unspecified atom stereocenters. The zero-order valence-electron chi connectivity index (χ0n) is 21.5. The molecular weight excluding hydrogens is 432 g/mol. The Hall–Kier alpha value is -0.653. The molecule has 5 heteroatoms. The molecule has 1 aromatic rings. The molecule has 3 nitrogen and oxygen atoms in total. The molecule has 182 valence electrons. The molecule has 2 fully saturated rings. The highest BCUT2D eigenvalue weighted by Gasteiger charge is 2.54. The summed E-state index contributed by atoms with van der Waals surface area (Å²) >= 11 is 0. The molecule has 0 bridgehead atoms. The van der Waals surface area contributed by atoms with Crippen molar-refractivity contribution >= 4 is 18.2 Å². The van der Waals surface area contributed by atoms with Crippen LogP contribution in [0.4, 0.5) is 0 Å². The molecular formula is C27H46O3SSi. The highest BCUT2D eigenvalue weighted by atomic mass is 32.2. The second-order valence-corrected chi connectivity index (χ2v) is 19.2. The maximum Gasteiger partial charge on any atom is 0.192 e. The smallest absolute Gasteiger partial charge is 0.192 e. The lowest BCUT2D eigenvalue weighted by atomic mass is 9.61. The van der Waals surface area contributed by atoms with Crippen molar-refractivity contribution < 1.29 is 12.8 Å². The maximum absolute atomic E-state index is 12.7. The van der Waals surface area contributed by atoms with Gasteiger partial charge >= 0.3 is 0 Å². The predicted octanol–water partition coefficient (Wildman–Crippen LogP) is 7.48. The van der Waals surface area contributed by atoms with Crippen molar-refractivity contribution in [1.29, 1.82) is 0 Å². The fourth-order valence-electron chi connectivity index (χ4n) is 6.33. The van der Waals surface area contributed by atoms with Gasteiger partial charge in [0.15, 0.2) is 18.2 Å². The van der Waals surface area contributed by atoms with Crippen molar-refractivity contribution in [3.8, 4) is 0 Å². The number of fused-ring (bicyclic) bond motifs is 1. The third-order valence-corrected chi connectivity index (χ3v) is 15.6. The van der Waals surface area contributed by atoms with E-state index in [9.17, 15) is 8.42 Å². The molecule has 3 rings (SSSR count). The highest BCUT2D eigenvalue weighted by Crippen LogP contribution is 2.59. The Balaban J connectivity index is 1.62. The SMILES string of the molecule is CC(CCCS(=O)(=O)c1ccccc1)[C@H]1CC[C@H]2[C@@H](O[Si](C)(C)C(C)(C)C)CCC[C@]12C. The first-order valence-electron chi connectivity index (χ1n) is 12.7. The Morgan fingerprint density at radius 3 is 2.41 bits per heavy atom. The van der Waals surface area contributed by atoms with E-state index in [2.05, 4.69) is 47.7 Å². The highest BCUT2D eigenvalue weighted by molar-refractivity contribution is 7.91. The zero-order chi connectivity index (χ0) is 23.8. The monoisotopic (exact) mass is 478 g/mol. The van der Waals surface area contributed by atoms with Crippen molar-refractivity contribution in [3.63, 3.8) is 0 Å². The summed E-state index contributed by atoms with van der Waals surface area (Å²) in [5, 5.41) is 0.246. The molecule has 2 aliphatic carbocycles. The topological polar surface area (TPSA) is 43.4 Å². The minimum atomic E-state index is -3.18. The zero-order valence-corrected chi connectivity index (χ0v) is 23.3. The molecule has 0 heterocycles. The van der Waals surface area contributed by atoms with Gasteiger partial charge in [-0.05, 0) is 92.0 Å². The van der Waals surface area contributed by atoms with Crippen LogP contribution in [0.15, 0.2) is 35.2 Å². The Morgan fingerprint density at radius 2 is 1.78 bits per heavy atom. The molecule has 5 atom stereocenters. The average Bonchev–Trinajstić information content (AvgIpc) is 3.05. The minimum absolute atomic E-state index is 0.246. The average molecular weight is 479 g/mol. The van der Waals surface area contributed by atoms with E-state index in [1.807, 2.05) is 6.07 Å². The lowest BCUT2D eigenvalue weighted by Crippen LogP contribution is -2.50. The fourth-order valence-corrected chi connectivity index (χ4v) is 9.08. The van der Waals surface area contributed by atoms with Crippen molar-refractivity contribution in [2.75, 3.05) is 5.75 Å². The van der Waals surface area contributed by atoms with Gasteiger partial charge in [0.2, 0.25) is 0 Å². The molecule has 2 aliphatic rings. The molecule has 0 aliphatic heterocycles. The first-order valence-corrected chi connectivity index (χ1v) is 17.3. The minimum Gasteiger partial charge on any atom is -0.414 e. The maximum atomic E-state index is 12.7. The van der Waals surface area contributed by atoms with E-state index in [0.717, 1.165) is 12.8 Å². The van der Waals surface area contributed by atoms with Gasteiger partial charge in [0.1, 0.15) is 0 Å². The van der Waals surface area contributed by atoms with E-state index in [1.165, 1.54) is 32.1 Å². The number of hydrogen-bond donors (Lipinski definition) is 0. The first kappa shape index (κ1) is 26.0. The van der Waals surface area contributed by atoms with E-state index in [-0.39, 0.29) is 10.8 Å². The molecule has 0 amide bonds. The Bertz CT molecular complexity index is 859. The second kappa shape index (κ2) is 9.54. The van der Waals surface area contributed by atoms with Crippen LogP contribution < -0.4 is 0 Å². The van der Waals surface area contributed by atoms with Crippen molar-refractivity contribution in [2.24, 2.45) is 23.2 Å². The summed E-state index contributed by atoms with van der Waals surface area (Å²) in [5.41, 5.74) is 0.336. The summed E-state index contributed by atoms with van der Waals surface area (Å²) in [6.07, 6.45) is 8.46. The summed E-state index contributed by atoms with van der Waals surface area (Å²) < 4.78 is 32.3. The van der Waals surface area contributed by atoms with Gasteiger partial charge in [-0.3, -0.25) is 0 Å². The summed E-state index contributed by atoms with van der Waals surface area (Å²) in [4.78, 5) is 0.457. The van der Waals surface area contributed by atoms with Gasteiger partial charge in [0.25, 0.3) is 0 Å². The van der Waals surface area contributed by atoms with Crippen molar-refractivity contribution in [1.82, 2.24) is 0 Å². The van der Waals surface area contributed by atoms with Crippen molar-refractivity contribution in [2.45, 2.75) is 109 Å². The lowest BCUT2D eigenvalue weighted by molar-refractivity contribution is -0.0211. The van der Waals surface area contributed by atoms with Crippen LogP contribution in [0.3, 0.4) is 0 Å². The predicted molar refractivity (Wildman–Crippen MR) is 137 cm³/mol. The molecule has 1 aromatic carbocycles. The molecule has 0 aromatic heterocycles. The van der Waals surface area contributed by atoms with Gasteiger partial charge in [0.05, 0.1) is 10.6 Å². The lowest BCUT2D eigenvalue weighted by Gasteiger charge is -2.50. The van der Waals surface area contributed by atoms with Crippen LogP contribution in [0.1, 0.15) is 79.6 Å². The number of rotatable bonds is 8. The number of hydrogen-bond acceptors (Lipinski definition) is 3. The van der Waals surface area contributed by atoms with Crippen LogP contribution in [-0.4, -0.2) is 28.6 Å². The van der Waals surface area contributed by atoms with Crippen LogP contribution in [0.2, 0.25) is 18.1 Å². The fraction of sp³-hybridized carbons (Fsp3) is 0.778. The van der Waals surface area contributed by atoms with Gasteiger partial charge < -0.3 is 4.43 Å².